The van der Waals surface area contributed by atoms with E-state index in [4.69, 9.17) is 9.47 Å². The fourth-order valence-electron chi connectivity index (χ4n) is 4.00. The molecule has 6 nitrogen and oxygen atoms in total. The topological polar surface area (TPSA) is 76.7 Å². The van der Waals surface area contributed by atoms with Crippen molar-refractivity contribution in [3.63, 3.8) is 0 Å². The van der Waals surface area contributed by atoms with Crippen molar-refractivity contribution in [1.82, 2.24) is 10.6 Å². The van der Waals surface area contributed by atoms with Gasteiger partial charge in [0.2, 0.25) is 0 Å². The predicted molar refractivity (Wildman–Crippen MR) is 149 cm³/mol. The highest BCUT2D eigenvalue weighted by Gasteiger charge is 2.19. The van der Waals surface area contributed by atoms with E-state index in [1.54, 1.807) is 0 Å². The molecule has 0 aliphatic heterocycles. The zero-order chi connectivity index (χ0) is 27.0. The Kier molecular flexibility index (Phi) is 15.2. The lowest BCUT2D eigenvalue weighted by molar-refractivity contribution is -0.124. The number of ether oxygens (including phenoxy) is 2. The van der Waals surface area contributed by atoms with Gasteiger partial charge in [0.1, 0.15) is 0 Å². The van der Waals surface area contributed by atoms with Crippen molar-refractivity contribution < 1.29 is 19.1 Å². The Labute approximate surface area is 220 Å². The monoisotopic (exact) mass is 504 g/mol. The number of rotatable bonds is 18. The van der Waals surface area contributed by atoms with Crippen LogP contribution in [0.15, 0.2) is 18.2 Å². The van der Waals surface area contributed by atoms with Crippen LogP contribution in [0, 0.1) is 11.8 Å². The highest BCUT2D eigenvalue weighted by molar-refractivity contribution is 5.78. The third-order valence-electron chi connectivity index (χ3n) is 6.79. The SMILES string of the molecule is CCCCC(CC)CNC(=O)COc1ccc(C(C)(C)C)cc1OCC(=O)NCC(CC)CCCC. The van der Waals surface area contributed by atoms with Gasteiger partial charge in [-0.05, 0) is 47.8 Å². The normalized spacial score (nSPS) is 13.1. The molecule has 36 heavy (non-hydrogen) atoms. The fraction of sp³-hybridized carbons (Fsp3) is 0.733. The van der Waals surface area contributed by atoms with Gasteiger partial charge in [-0.15, -0.1) is 0 Å². The van der Waals surface area contributed by atoms with Crippen molar-refractivity contribution in [2.24, 2.45) is 11.8 Å². The van der Waals surface area contributed by atoms with Crippen LogP contribution in [0.4, 0.5) is 0 Å². The summed E-state index contributed by atoms with van der Waals surface area (Å²) in [4.78, 5) is 24.9. The van der Waals surface area contributed by atoms with Gasteiger partial charge in [-0.25, -0.2) is 0 Å². The molecule has 0 aromatic heterocycles. The number of nitrogens with one attached hydrogen (secondary N) is 2. The molecule has 0 saturated heterocycles. The average molecular weight is 505 g/mol. The molecule has 0 bridgehead atoms. The van der Waals surface area contributed by atoms with Crippen LogP contribution >= 0.6 is 0 Å². The van der Waals surface area contributed by atoms with Crippen LogP contribution in [0.5, 0.6) is 11.5 Å². The van der Waals surface area contributed by atoms with Crippen LogP contribution < -0.4 is 20.1 Å². The van der Waals surface area contributed by atoms with E-state index in [0.717, 1.165) is 44.1 Å². The molecule has 0 aliphatic rings. The van der Waals surface area contributed by atoms with Gasteiger partial charge in [0.25, 0.3) is 11.8 Å². The van der Waals surface area contributed by atoms with Crippen molar-refractivity contribution >= 4 is 11.8 Å². The van der Waals surface area contributed by atoms with Crippen molar-refractivity contribution in [3.05, 3.63) is 23.8 Å². The van der Waals surface area contributed by atoms with E-state index in [9.17, 15) is 9.59 Å². The van der Waals surface area contributed by atoms with Gasteiger partial charge in [0.15, 0.2) is 24.7 Å². The first-order valence-corrected chi connectivity index (χ1v) is 14.1. The summed E-state index contributed by atoms with van der Waals surface area (Å²) in [5.74, 6) is 1.64. The summed E-state index contributed by atoms with van der Waals surface area (Å²) in [6.07, 6.45) is 9.03. The maximum absolute atomic E-state index is 12.5. The second-order valence-electron chi connectivity index (χ2n) is 10.9. The Morgan fingerprint density at radius 1 is 0.778 bits per heavy atom. The third-order valence-corrected chi connectivity index (χ3v) is 6.79. The molecule has 0 saturated carbocycles. The van der Waals surface area contributed by atoms with Gasteiger partial charge in [0, 0.05) is 13.1 Å². The molecule has 2 atom stereocenters. The smallest absolute Gasteiger partial charge is 0.257 e. The molecule has 1 aromatic carbocycles. The molecule has 206 valence electrons. The molecule has 0 heterocycles. The minimum absolute atomic E-state index is 0.0858. The highest BCUT2D eigenvalue weighted by Crippen LogP contribution is 2.33. The van der Waals surface area contributed by atoms with Crippen LogP contribution in [-0.2, 0) is 15.0 Å². The van der Waals surface area contributed by atoms with Gasteiger partial charge < -0.3 is 20.1 Å². The molecule has 2 unspecified atom stereocenters. The van der Waals surface area contributed by atoms with Crippen LogP contribution in [0.1, 0.15) is 105 Å². The Bertz CT molecular complexity index is 773. The third kappa shape index (κ3) is 12.6. The molecule has 0 radical (unpaired) electrons. The van der Waals surface area contributed by atoms with Crippen molar-refractivity contribution in [3.8, 4) is 11.5 Å². The van der Waals surface area contributed by atoms with Crippen molar-refractivity contribution in [2.45, 2.75) is 105 Å². The number of hydrogen-bond acceptors (Lipinski definition) is 4. The lowest BCUT2D eigenvalue weighted by Gasteiger charge is -2.22. The van der Waals surface area contributed by atoms with E-state index >= 15 is 0 Å². The van der Waals surface area contributed by atoms with Crippen molar-refractivity contribution in [1.29, 1.82) is 0 Å². The molecule has 0 spiro atoms. The molecular formula is C30H52N2O4. The minimum Gasteiger partial charge on any atom is -0.480 e. The number of carbonyl (C=O) groups is 2. The Morgan fingerprint density at radius 2 is 1.25 bits per heavy atom. The van der Waals surface area contributed by atoms with E-state index in [1.807, 2.05) is 18.2 Å². The minimum atomic E-state index is -0.147. The van der Waals surface area contributed by atoms with Crippen LogP contribution in [0.25, 0.3) is 0 Å². The summed E-state index contributed by atoms with van der Waals surface area (Å²) in [6.45, 7) is 16.2. The fourth-order valence-corrected chi connectivity index (χ4v) is 4.00. The molecule has 6 heteroatoms. The van der Waals surface area contributed by atoms with Gasteiger partial charge >= 0.3 is 0 Å². The summed E-state index contributed by atoms with van der Waals surface area (Å²) in [5, 5.41) is 6.00. The molecule has 0 fully saturated rings. The summed E-state index contributed by atoms with van der Waals surface area (Å²) in [5.41, 5.74) is 0.986. The van der Waals surface area contributed by atoms with E-state index in [-0.39, 0.29) is 30.4 Å². The van der Waals surface area contributed by atoms with Crippen molar-refractivity contribution in [2.75, 3.05) is 26.3 Å². The first kappa shape index (κ1) is 31.8. The Balaban J connectivity index is 2.73. The van der Waals surface area contributed by atoms with E-state index in [0.29, 0.717) is 36.4 Å². The van der Waals surface area contributed by atoms with Crippen LogP contribution in [0.3, 0.4) is 0 Å². The van der Waals surface area contributed by atoms with Crippen LogP contribution in [0.2, 0.25) is 0 Å². The average Bonchev–Trinajstić information content (AvgIpc) is 2.86. The number of benzene rings is 1. The zero-order valence-electron chi connectivity index (χ0n) is 24.0. The number of hydrogen-bond donors (Lipinski definition) is 2. The largest absolute Gasteiger partial charge is 0.480 e. The number of amides is 2. The summed E-state index contributed by atoms with van der Waals surface area (Å²) in [6, 6.07) is 5.72. The Hall–Kier alpha value is -2.24. The molecular weight excluding hydrogens is 452 g/mol. The first-order chi connectivity index (χ1) is 17.1. The lowest BCUT2D eigenvalue weighted by atomic mass is 9.87. The first-order valence-electron chi connectivity index (χ1n) is 14.1. The zero-order valence-corrected chi connectivity index (χ0v) is 24.0. The molecule has 2 N–H and O–H groups in total. The Morgan fingerprint density at radius 3 is 1.67 bits per heavy atom. The van der Waals surface area contributed by atoms with E-state index < -0.39 is 0 Å². The second kappa shape index (κ2) is 17.3. The van der Waals surface area contributed by atoms with Crippen LogP contribution in [-0.4, -0.2) is 38.1 Å². The second-order valence-corrected chi connectivity index (χ2v) is 10.9. The standard InChI is InChI=1S/C30H52N2O4/c1-8-12-14-23(10-3)19-31-28(33)21-35-26-17-16-25(30(5,6)7)18-27(26)36-22-29(34)32-20-24(11-4)15-13-9-2/h16-18,23-24H,8-15,19-22H2,1-7H3,(H,31,33)(H,32,34). The maximum atomic E-state index is 12.5. The van der Waals surface area contributed by atoms with Gasteiger partial charge in [-0.1, -0.05) is 93.1 Å². The van der Waals surface area contributed by atoms with E-state index in [2.05, 4.69) is 59.1 Å². The molecule has 1 rings (SSSR count). The summed E-state index contributed by atoms with van der Waals surface area (Å²) >= 11 is 0. The van der Waals surface area contributed by atoms with Gasteiger partial charge in [-0.3, -0.25) is 9.59 Å². The maximum Gasteiger partial charge on any atom is 0.257 e. The predicted octanol–water partition coefficient (Wildman–Crippen LogP) is 6.41. The number of carbonyl (C=O) groups excluding carboxylic acids is 2. The quantitative estimate of drug-likeness (QED) is 0.242. The lowest BCUT2D eigenvalue weighted by Crippen LogP contribution is -2.33. The van der Waals surface area contributed by atoms with Gasteiger partial charge in [0.05, 0.1) is 0 Å². The molecule has 1 aromatic rings. The molecule has 2 amide bonds. The highest BCUT2D eigenvalue weighted by atomic mass is 16.5. The van der Waals surface area contributed by atoms with Gasteiger partial charge in [-0.2, -0.15) is 0 Å². The van der Waals surface area contributed by atoms with E-state index in [1.165, 1.54) is 12.8 Å². The number of unbranched alkanes of at least 4 members (excludes halogenated alkanes) is 2. The summed E-state index contributed by atoms with van der Waals surface area (Å²) in [7, 11) is 0. The summed E-state index contributed by atoms with van der Waals surface area (Å²) < 4.78 is 11.7. The molecule has 0 aliphatic carbocycles.